The number of nitrogens with zero attached hydrogens (tertiary/aromatic N) is 3. The number of aromatic nitrogens is 4. The van der Waals surface area contributed by atoms with Crippen LogP contribution in [-0.4, -0.2) is 50.2 Å². The Morgan fingerprint density at radius 3 is 2.61 bits per heavy atom. The Kier molecular flexibility index (Phi) is 7.56. The van der Waals surface area contributed by atoms with Gasteiger partial charge in [-0.1, -0.05) is 6.07 Å². The molecule has 1 aromatic carbocycles. The van der Waals surface area contributed by atoms with Gasteiger partial charge in [0.2, 0.25) is 11.8 Å². The van der Waals surface area contributed by atoms with E-state index in [-0.39, 0.29) is 55.2 Å². The third-order valence-electron chi connectivity index (χ3n) is 8.50. The Bertz CT molecular complexity index is 1400. The number of hydrogen-bond donors (Lipinski definition) is 3. The van der Waals surface area contributed by atoms with Crippen LogP contribution in [0.2, 0.25) is 0 Å². The highest BCUT2D eigenvalue weighted by Crippen LogP contribution is 2.45. The van der Waals surface area contributed by atoms with Crippen LogP contribution in [0, 0.1) is 11.8 Å². The van der Waals surface area contributed by atoms with Crippen LogP contribution in [0.15, 0.2) is 30.5 Å². The summed E-state index contributed by atoms with van der Waals surface area (Å²) in [6, 6.07) is 6.99. The lowest BCUT2D eigenvalue weighted by molar-refractivity contribution is -0.134. The number of aromatic amines is 1. The molecular formula is C30H38F2N6O3. The van der Waals surface area contributed by atoms with Crippen LogP contribution in [0.25, 0.3) is 11.0 Å². The summed E-state index contributed by atoms with van der Waals surface area (Å²) >= 11 is 0. The van der Waals surface area contributed by atoms with Crippen molar-refractivity contribution < 1.29 is 23.1 Å². The second-order valence-corrected chi connectivity index (χ2v) is 12.2. The number of ether oxygens (including phenoxy) is 1. The predicted molar refractivity (Wildman–Crippen MR) is 148 cm³/mol. The molecule has 2 saturated carbocycles. The normalized spacial score (nSPS) is 22.3. The summed E-state index contributed by atoms with van der Waals surface area (Å²) in [6.45, 7) is 4.59. The van der Waals surface area contributed by atoms with Crippen molar-refractivity contribution >= 4 is 22.8 Å². The van der Waals surface area contributed by atoms with Gasteiger partial charge in [-0.3, -0.25) is 14.3 Å². The van der Waals surface area contributed by atoms with Gasteiger partial charge in [-0.25, -0.2) is 13.8 Å². The summed E-state index contributed by atoms with van der Waals surface area (Å²) in [4.78, 5) is 34.4. The number of carbonyl (C=O) groups excluding carboxylic acids is 2. The Hall–Kier alpha value is -3.34. The minimum Gasteiger partial charge on any atom is -0.376 e. The van der Waals surface area contributed by atoms with Crippen LogP contribution >= 0.6 is 0 Å². The number of fused-ring (bicyclic) bond motifs is 1. The van der Waals surface area contributed by atoms with Crippen molar-refractivity contribution in [1.29, 1.82) is 0 Å². The zero-order chi connectivity index (χ0) is 28.7. The summed E-state index contributed by atoms with van der Waals surface area (Å²) in [7, 11) is 0. The lowest BCUT2D eigenvalue weighted by atomic mass is 9.79. The van der Waals surface area contributed by atoms with E-state index in [0.29, 0.717) is 24.0 Å². The molecule has 2 aromatic heterocycles. The monoisotopic (exact) mass is 568 g/mol. The maximum Gasteiger partial charge on any atom is 0.270 e. The van der Waals surface area contributed by atoms with Gasteiger partial charge in [0.15, 0.2) is 0 Å². The largest absolute Gasteiger partial charge is 0.376 e. The number of halogens is 2. The van der Waals surface area contributed by atoms with E-state index >= 15 is 0 Å². The quantitative estimate of drug-likeness (QED) is 0.304. The molecule has 0 unspecified atom stereocenters. The molecule has 41 heavy (non-hydrogen) atoms. The number of H-pyrrole nitrogens is 1. The lowest BCUT2D eigenvalue weighted by Crippen LogP contribution is -2.40. The highest BCUT2D eigenvalue weighted by Gasteiger charge is 2.46. The molecule has 3 fully saturated rings. The smallest absolute Gasteiger partial charge is 0.270 e. The zero-order valence-electron chi connectivity index (χ0n) is 23.5. The Morgan fingerprint density at radius 2 is 1.93 bits per heavy atom. The number of carbonyl (C=O) groups is 2. The summed E-state index contributed by atoms with van der Waals surface area (Å²) in [5, 5.41) is 10.6. The fourth-order valence-electron chi connectivity index (χ4n) is 6.20. The maximum atomic E-state index is 13.4. The molecule has 9 nitrogen and oxygen atoms in total. The highest BCUT2D eigenvalue weighted by atomic mass is 19.3. The average Bonchev–Trinajstić information content (AvgIpc) is 3.47. The second-order valence-electron chi connectivity index (χ2n) is 12.2. The Morgan fingerprint density at radius 1 is 1.12 bits per heavy atom. The van der Waals surface area contributed by atoms with E-state index in [1.807, 2.05) is 32.0 Å². The summed E-state index contributed by atoms with van der Waals surface area (Å²) < 4.78 is 34.3. The van der Waals surface area contributed by atoms with Crippen LogP contribution < -0.4 is 10.6 Å². The number of nitrogens with one attached hydrogen (secondary N) is 3. The van der Waals surface area contributed by atoms with Gasteiger partial charge >= 0.3 is 0 Å². The van der Waals surface area contributed by atoms with Gasteiger partial charge in [-0.15, -0.1) is 0 Å². The van der Waals surface area contributed by atoms with Crippen molar-refractivity contribution in [3.05, 3.63) is 47.5 Å². The predicted octanol–water partition coefficient (Wildman–Crippen LogP) is 5.38. The third-order valence-corrected chi connectivity index (χ3v) is 8.50. The molecule has 2 aliphatic carbocycles. The van der Waals surface area contributed by atoms with Crippen molar-refractivity contribution in [2.75, 3.05) is 6.61 Å². The number of rotatable bonds is 10. The molecule has 1 aliphatic heterocycles. The zero-order valence-corrected chi connectivity index (χ0v) is 23.5. The first kappa shape index (κ1) is 27.8. The van der Waals surface area contributed by atoms with Crippen LogP contribution in [-0.2, 0) is 9.53 Å². The molecule has 1 saturated heterocycles. The molecule has 3 aromatic rings. The molecule has 11 heteroatoms. The molecular weight excluding hydrogens is 530 g/mol. The summed E-state index contributed by atoms with van der Waals surface area (Å²) in [6.07, 6.45) is 5.94. The molecule has 0 radical (unpaired) electrons. The molecule has 3 N–H and O–H groups in total. The minimum absolute atomic E-state index is 0.0364. The first-order valence-electron chi connectivity index (χ1n) is 14.8. The highest BCUT2D eigenvalue weighted by molar-refractivity contribution is 5.93. The van der Waals surface area contributed by atoms with Gasteiger partial charge in [0.1, 0.15) is 17.6 Å². The van der Waals surface area contributed by atoms with Crippen molar-refractivity contribution in [2.45, 2.75) is 95.4 Å². The molecule has 2 amide bonds. The van der Waals surface area contributed by atoms with E-state index in [2.05, 4.69) is 20.7 Å². The fourth-order valence-corrected chi connectivity index (χ4v) is 6.20. The SMILES string of the molecule is CC(C)n1nccc1C(=O)N[C@H](c1nc2ccc([C@H](NC(=O)CC3CC(F)(F)C3)C3CC3)cc2[nH]1)[C@H]1CCCCO1. The van der Waals surface area contributed by atoms with E-state index < -0.39 is 12.0 Å². The summed E-state index contributed by atoms with van der Waals surface area (Å²) in [5.41, 5.74) is 2.99. The lowest BCUT2D eigenvalue weighted by Gasteiger charge is -2.34. The van der Waals surface area contributed by atoms with E-state index in [1.54, 1.807) is 16.9 Å². The van der Waals surface area contributed by atoms with Gasteiger partial charge in [0, 0.05) is 38.1 Å². The maximum absolute atomic E-state index is 13.4. The fraction of sp³-hybridized carbons (Fsp3) is 0.600. The second kappa shape index (κ2) is 11.2. The number of imidazole rings is 1. The van der Waals surface area contributed by atoms with E-state index in [4.69, 9.17) is 9.72 Å². The van der Waals surface area contributed by atoms with Crippen molar-refractivity contribution in [2.24, 2.45) is 11.8 Å². The van der Waals surface area contributed by atoms with Gasteiger partial charge in [0.25, 0.3) is 5.91 Å². The molecule has 220 valence electrons. The molecule has 6 rings (SSSR count). The number of amides is 2. The topological polar surface area (TPSA) is 114 Å². The first-order valence-corrected chi connectivity index (χ1v) is 14.8. The van der Waals surface area contributed by atoms with Crippen molar-refractivity contribution in [3.63, 3.8) is 0 Å². The van der Waals surface area contributed by atoms with E-state index in [9.17, 15) is 18.4 Å². The number of benzene rings is 1. The number of alkyl halides is 2. The van der Waals surface area contributed by atoms with Crippen LogP contribution in [0.4, 0.5) is 8.78 Å². The van der Waals surface area contributed by atoms with Crippen LogP contribution in [0.5, 0.6) is 0 Å². The standard InChI is InChI=1S/C30H38F2N6O3/c1-17(2)38-23(10-11-33-38)29(40)37-27(24-5-3-4-12-41-24)28-34-21-9-8-20(14-22(21)35-28)26(19-6-7-19)36-25(39)13-18-15-30(31,32)16-18/h8-11,14,17-19,24,26-27H,3-7,12-13,15-16H2,1-2H3,(H,34,35)(H,36,39)(H,37,40)/t24-,26-,27+/m1/s1. The molecule has 0 spiro atoms. The molecule has 3 heterocycles. The van der Waals surface area contributed by atoms with Gasteiger partial charge < -0.3 is 20.4 Å². The Balaban J connectivity index is 1.22. The third kappa shape index (κ3) is 6.14. The van der Waals surface area contributed by atoms with E-state index in [0.717, 1.165) is 48.7 Å². The van der Waals surface area contributed by atoms with Crippen molar-refractivity contribution in [3.8, 4) is 0 Å². The van der Waals surface area contributed by atoms with Crippen molar-refractivity contribution in [1.82, 2.24) is 30.4 Å². The number of hydrogen-bond acceptors (Lipinski definition) is 5. The molecule has 3 atom stereocenters. The summed E-state index contributed by atoms with van der Waals surface area (Å²) in [5.74, 6) is -2.35. The van der Waals surface area contributed by atoms with Gasteiger partial charge in [0.05, 0.1) is 23.2 Å². The average molecular weight is 569 g/mol. The van der Waals surface area contributed by atoms with Gasteiger partial charge in [-0.05, 0) is 81.5 Å². The first-order chi connectivity index (χ1) is 19.7. The molecule has 3 aliphatic rings. The van der Waals surface area contributed by atoms with Gasteiger partial charge in [-0.2, -0.15) is 5.10 Å². The van der Waals surface area contributed by atoms with Crippen LogP contribution in [0.1, 0.15) is 105 Å². The minimum atomic E-state index is -2.63. The molecule has 0 bridgehead atoms. The Labute approximate surface area is 237 Å². The van der Waals surface area contributed by atoms with E-state index in [1.165, 1.54) is 0 Å². The van der Waals surface area contributed by atoms with Crippen LogP contribution in [0.3, 0.4) is 0 Å².